The van der Waals surface area contributed by atoms with Crippen LogP contribution in [-0.4, -0.2) is 30.7 Å². The van der Waals surface area contributed by atoms with E-state index < -0.39 is 0 Å². The number of hydrogen-bond donors (Lipinski definition) is 2. The Bertz CT molecular complexity index is 465. The number of amides is 1. The van der Waals surface area contributed by atoms with Gasteiger partial charge in [0.15, 0.2) is 0 Å². The summed E-state index contributed by atoms with van der Waals surface area (Å²) in [6.07, 6.45) is 1.27. The van der Waals surface area contributed by atoms with Crippen LogP contribution in [0.25, 0.3) is 0 Å². The van der Waals surface area contributed by atoms with Gasteiger partial charge >= 0.3 is 0 Å². The molecule has 2 N–H and O–H groups in total. The lowest BCUT2D eigenvalue weighted by Gasteiger charge is -2.21. The van der Waals surface area contributed by atoms with Crippen LogP contribution in [-0.2, 0) is 4.79 Å². The molecule has 0 spiro atoms. The summed E-state index contributed by atoms with van der Waals surface area (Å²) in [5.74, 6) is -0.490. The van der Waals surface area contributed by atoms with E-state index in [2.05, 4.69) is 5.32 Å². The molecule has 0 saturated carbocycles. The summed E-state index contributed by atoms with van der Waals surface area (Å²) in [6.45, 7) is 3.23. The molecule has 1 fully saturated rings. The molecule has 104 valence electrons. The second kappa shape index (κ2) is 6.02. The summed E-state index contributed by atoms with van der Waals surface area (Å²) < 4.78 is 13.4. The fourth-order valence-corrected chi connectivity index (χ4v) is 2.27. The van der Waals surface area contributed by atoms with Crippen LogP contribution in [0.3, 0.4) is 0 Å². The third-order valence-electron chi connectivity index (χ3n) is 3.28. The van der Waals surface area contributed by atoms with E-state index in [1.165, 1.54) is 12.1 Å². The van der Waals surface area contributed by atoms with Gasteiger partial charge in [-0.05, 0) is 24.6 Å². The summed E-state index contributed by atoms with van der Waals surface area (Å²) in [4.78, 5) is 13.5. The number of nitrogens with one attached hydrogen (secondary N) is 1. The first kappa shape index (κ1) is 13.8. The summed E-state index contributed by atoms with van der Waals surface area (Å²) >= 11 is 0. The average molecular weight is 266 g/mol. The minimum Gasteiger partial charge on any atom is -0.396 e. The molecule has 1 aromatic carbocycles. The Hall–Kier alpha value is -1.62. The third-order valence-corrected chi connectivity index (χ3v) is 3.28. The number of hydrogen-bond acceptors (Lipinski definition) is 3. The first-order valence-corrected chi connectivity index (χ1v) is 6.60. The van der Waals surface area contributed by atoms with Gasteiger partial charge in [-0.2, -0.15) is 0 Å². The molecule has 0 aromatic heterocycles. The quantitative estimate of drug-likeness (QED) is 0.857. The van der Waals surface area contributed by atoms with E-state index in [4.69, 9.17) is 5.11 Å². The summed E-state index contributed by atoms with van der Waals surface area (Å²) in [6, 6.07) is 4.40. The molecule has 1 aliphatic rings. The van der Waals surface area contributed by atoms with Crippen LogP contribution in [0, 0.1) is 11.7 Å². The molecule has 2 rings (SSSR count). The van der Waals surface area contributed by atoms with E-state index in [0.717, 1.165) is 18.7 Å². The summed E-state index contributed by atoms with van der Waals surface area (Å²) in [5, 5.41) is 12.3. The van der Waals surface area contributed by atoms with Crippen molar-refractivity contribution in [2.24, 2.45) is 5.92 Å². The molecule has 1 saturated heterocycles. The van der Waals surface area contributed by atoms with Crippen molar-refractivity contribution in [2.45, 2.75) is 19.8 Å². The monoisotopic (exact) mass is 266 g/mol. The highest BCUT2D eigenvalue weighted by molar-refractivity contribution is 5.98. The number of rotatable bonds is 5. The number of nitrogens with zero attached hydrogens (tertiary/aromatic N) is 1. The van der Waals surface area contributed by atoms with Crippen molar-refractivity contribution in [3.63, 3.8) is 0 Å². The molecule has 0 aliphatic carbocycles. The van der Waals surface area contributed by atoms with Gasteiger partial charge in [-0.1, -0.05) is 6.92 Å². The average Bonchev–Trinajstić information content (AvgIpc) is 2.78. The SMILES string of the molecule is CCCNc1ccc(F)cc1N1CC(CO)CC1=O. The van der Waals surface area contributed by atoms with Crippen LogP contribution in [0.2, 0.25) is 0 Å². The Morgan fingerprint density at radius 2 is 2.32 bits per heavy atom. The van der Waals surface area contributed by atoms with Crippen molar-refractivity contribution in [3.05, 3.63) is 24.0 Å². The van der Waals surface area contributed by atoms with Gasteiger partial charge in [0, 0.05) is 32.0 Å². The zero-order valence-electron chi connectivity index (χ0n) is 11.0. The van der Waals surface area contributed by atoms with Crippen molar-refractivity contribution >= 4 is 17.3 Å². The molecule has 1 atom stereocenters. The van der Waals surface area contributed by atoms with Crippen molar-refractivity contribution < 1.29 is 14.3 Å². The Kier molecular flexibility index (Phi) is 4.37. The van der Waals surface area contributed by atoms with Crippen LogP contribution in [0.1, 0.15) is 19.8 Å². The number of anilines is 2. The van der Waals surface area contributed by atoms with Crippen LogP contribution in [0.15, 0.2) is 18.2 Å². The predicted molar refractivity (Wildman–Crippen MR) is 72.7 cm³/mol. The maximum absolute atomic E-state index is 13.4. The molecule has 1 amide bonds. The lowest BCUT2D eigenvalue weighted by Crippen LogP contribution is -2.26. The van der Waals surface area contributed by atoms with E-state index >= 15 is 0 Å². The minimum atomic E-state index is -0.364. The van der Waals surface area contributed by atoms with Gasteiger partial charge in [-0.25, -0.2) is 4.39 Å². The summed E-state index contributed by atoms with van der Waals surface area (Å²) in [5.41, 5.74) is 1.32. The van der Waals surface area contributed by atoms with Crippen molar-refractivity contribution in [3.8, 4) is 0 Å². The lowest BCUT2D eigenvalue weighted by molar-refractivity contribution is -0.117. The maximum atomic E-state index is 13.4. The van der Waals surface area contributed by atoms with Crippen molar-refractivity contribution in [1.29, 1.82) is 0 Å². The summed E-state index contributed by atoms with van der Waals surface area (Å²) in [7, 11) is 0. The molecule has 1 aromatic rings. The largest absolute Gasteiger partial charge is 0.396 e. The maximum Gasteiger partial charge on any atom is 0.227 e. The topological polar surface area (TPSA) is 52.6 Å². The van der Waals surface area contributed by atoms with E-state index in [9.17, 15) is 9.18 Å². The molecule has 1 aliphatic heterocycles. The normalized spacial score (nSPS) is 19.0. The number of halogens is 1. The van der Waals surface area contributed by atoms with Crippen molar-refractivity contribution in [1.82, 2.24) is 0 Å². The van der Waals surface area contributed by atoms with Gasteiger partial charge in [-0.15, -0.1) is 0 Å². The number of aliphatic hydroxyl groups is 1. The molecule has 5 heteroatoms. The molecule has 19 heavy (non-hydrogen) atoms. The van der Waals surface area contributed by atoms with Crippen molar-refractivity contribution in [2.75, 3.05) is 29.9 Å². The van der Waals surface area contributed by atoms with Gasteiger partial charge < -0.3 is 15.3 Å². The van der Waals surface area contributed by atoms with Gasteiger partial charge in [0.25, 0.3) is 0 Å². The molecule has 0 radical (unpaired) electrons. The first-order chi connectivity index (χ1) is 9.15. The number of carbonyl (C=O) groups excluding carboxylic acids is 1. The Labute approximate surface area is 112 Å². The Balaban J connectivity index is 2.27. The number of aliphatic hydroxyl groups excluding tert-OH is 1. The molecule has 0 bridgehead atoms. The molecule has 1 unspecified atom stereocenters. The molecular formula is C14H19FN2O2. The third kappa shape index (κ3) is 3.04. The minimum absolute atomic E-state index is 0.0186. The highest BCUT2D eigenvalue weighted by Gasteiger charge is 2.31. The zero-order chi connectivity index (χ0) is 13.8. The predicted octanol–water partition coefficient (Wildman–Crippen LogP) is 1.99. The number of carbonyl (C=O) groups is 1. The first-order valence-electron chi connectivity index (χ1n) is 6.60. The van der Waals surface area contributed by atoms with Crippen LogP contribution < -0.4 is 10.2 Å². The van der Waals surface area contributed by atoms with Crippen LogP contribution >= 0.6 is 0 Å². The van der Waals surface area contributed by atoms with Gasteiger partial charge in [0.1, 0.15) is 5.82 Å². The van der Waals surface area contributed by atoms with Gasteiger partial charge in [0.05, 0.1) is 11.4 Å². The number of benzene rings is 1. The van der Waals surface area contributed by atoms with E-state index in [0.29, 0.717) is 18.7 Å². The molecule has 4 nitrogen and oxygen atoms in total. The highest BCUT2D eigenvalue weighted by atomic mass is 19.1. The fourth-order valence-electron chi connectivity index (χ4n) is 2.27. The smallest absolute Gasteiger partial charge is 0.227 e. The second-order valence-electron chi connectivity index (χ2n) is 4.85. The Morgan fingerprint density at radius 1 is 1.53 bits per heavy atom. The van der Waals surface area contributed by atoms with Gasteiger partial charge in [-0.3, -0.25) is 4.79 Å². The second-order valence-corrected chi connectivity index (χ2v) is 4.85. The molecular weight excluding hydrogens is 247 g/mol. The van der Waals surface area contributed by atoms with Crippen LogP contribution in [0.5, 0.6) is 0 Å². The van der Waals surface area contributed by atoms with E-state index in [-0.39, 0.29) is 24.2 Å². The van der Waals surface area contributed by atoms with E-state index in [1.807, 2.05) is 6.92 Å². The zero-order valence-corrected chi connectivity index (χ0v) is 11.0. The fraction of sp³-hybridized carbons (Fsp3) is 0.500. The standard InChI is InChI=1S/C14H19FN2O2/c1-2-5-16-12-4-3-11(15)7-13(12)17-8-10(9-18)6-14(17)19/h3-4,7,10,16,18H,2,5-6,8-9H2,1H3. The Morgan fingerprint density at radius 3 is 2.95 bits per heavy atom. The van der Waals surface area contributed by atoms with E-state index in [1.54, 1.807) is 11.0 Å². The highest BCUT2D eigenvalue weighted by Crippen LogP contribution is 2.32. The molecule has 1 heterocycles. The van der Waals surface area contributed by atoms with Gasteiger partial charge in [0.2, 0.25) is 5.91 Å². The lowest BCUT2D eigenvalue weighted by atomic mass is 10.1. The van der Waals surface area contributed by atoms with Crippen LogP contribution in [0.4, 0.5) is 15.8 Å².